The Labute approximate surface area is 211 Å². The number of rotatable bonds is 8. The number of nitrogens with one attached hydrogen (secondary N) is 1. The number of hydrogen-bond donors (Lipinski definition) is 1. The molecule has 2 aromatic carbocycles. The number of piperazine rings is 1. The highest BCUT2D eigenvalue weighted by atomic mass is 16.2. The minimum atomic E-state index is -0.265. The SMILES string of the molecule is CC(=O)N1CCN(C(=O)CCNC(=O)C=Cc2cn(Cc3ccccc3)nc2-c2ccccc2)CC1. The second kappa shape index (κ2) is 12.0. The van der Waals surface area contributed by atoms with Gasteiger partial charge in [-0.2, -0.15) is 5.10 Å². The van der Waals surface area contributed by atoms with Crippen LogP contribution in [-0.2, 0) is 20.9 Å². The molecule has 4 rings (SSSR count). The van der Waals surface area contributed by atoms with Crippen LogP contribution in [0.4, 0.5) is 0 Å². The summed E-state index contributed by atoms with van der Waals surface area (Å²) in [5.41, 5.74) is 3.75. The van der Waals surface area contributed by atoms with E-state index in [9.17, 15) is 14.4 Å². The van der Waals surface area contributed by atoms with Gasteiger partial charge in [-0.25, -0.2) is 0 Å². The minimum absolute atomic E-state index is 0.0176. The molecule has 1 saturated heterocycles. The Morgan fingerprint density at radius 1 is 0.917 bits per heavy atom. The van der Waals surface area contributed by atoms with E-state index in [0.717, 1.165) is 22.4 Å². The predicted molar refractivity (Wildman–Crippen MR) is 139 cm³/mol. The Kier molecular flexibility index (Phi) is 8.28. The van der Waals surface area contributed by atoms with Gasteiger partial charge in [0.15, 0.2) is 0 Å². The molecule has 1 N–H and O–H groups in total. The Morgan fingerprint density at radius 2 is 1.56 bits per heavy atom. The van der Waals surface area contributed by atoms with Crippen molar-refractivity contribution in [1.29, 1.82) is 0 Å². The van der Waals surface area contributed by atoms with Crippen LogP contribution in [0.25, 0.3) is 17.3 Å². The Balaban J connectivity index is 1.34. The van der Waals surface area contributed by atoms with Crippen LogP contribution >= 0.6 is 0 Å². The first-order chi connectivity index (χ1) is 17.5. The minimum Gasteiger partial charge on any atom is -0.352 e. The zero-order valence-electron chi connectivity index (χ0n) is 20.5. The molecule has 2 heterocycles. The zero-order chi connectivity index (χ0) is 25.3. The van der Waals surface area contributed by atoms with Gasteiger partial charge in [0, 0.05) is 69.5 Å². The number of amides is 3. The van der Waals surface area contributed by atoms with Crippen molar-refractivity contribution in [3.05, 3.63) is 84.1 Å². The van der Waals surface area contributed by atoms with Gasteiger partial charge in [-0.15, -0.1) is 0 Å². The fourth-order valence-electron chi connectivity index (χ4n) is 4.18. The van der Waals surface area contributed by atoms with Crippen molar-refractivity contribution in [2.24, 2.45) is 0 Å². The first-order valence-electron chi connectivity index (χ1n) is 12.2. The van der Waals surface area contributed by atoms with Crippen LogP contribution in [0, 0.1) is 0 Å². The highest BCUT2D eigenvalue weighted by Crippen LogP contribution is 2.23. The van der Waals surface area contributed by atoms with Crippen molar-refractivity contribution in [1.82, 2.24) is 24.9 Å². The maximum Gasteiger partial charge on any atom is 0.244 e. The second-order valence-corrected chi connectivity index (χ2v) is 8.74. The molecule has 1 aromatic heterocycles. The Hall–Kier alpha value is -4.20. The second-order valence-electron chi connectivity index (χ2n) is 8.74. The summed E-state index contributed by atoms with van der Waals surface area (Å²) < 4.78 is 1.87. The average molecular weight is 486 g/mol. The first kappa shape index (κ1) is 24.9. The highest BCUT2D eigenvalue weighted by molar-refractivity contribution is 5.93. The molecule has 0 unspecified atom stereocenters. The molecular formula is C28H31N5O3. The van der Waals surface area contributed by atoms with Crippen molar-refractivity contribution in [3.63, 3.8) is 0 Å². The molecule has 0 saturated carbocycles. The van der Waals surface area contributed by atoms with E-state index in [1.165, 1.54) is 13.0 Å². The summed E-state index contributed by atoms with van der Waals surface area (Å²) in [5, 5.41) is 7.56. The van der Waals surface area contributed by atoms with E-state index in [-0.39, 0.29) is 30.7 Å². The zero-order valence-corrected chi connectivity index (χ0v) is 20.5. The normalized spacial score (nSPS) is 13.7. The smallest absolute Gasteiger partial charge is 0.244 e. The molecule has 1 fully saturated rings. The Morgan fingerprint density at radius 3 is 2.22 bits per heavy atom. The quantitative estimate of drug-likeness (QED) is 0.497. The number of benzene rings is 2. The number of hydrogen-bond acceptors (Lipinski definition) is 4. The van der Waals surface area contributed by atoms with Gasteiger partial charge in [0.2, 0.25) is 17.7 Å². The third-order valence-corrected chi connectivity index (χ3v) is 6.15. The van der Waals surface area contributed by atoms with Crippen LogP contribution in [0.3, 0.4) is 0 Å². The van der Waals surface area contributed by atoms with E-state index in [1.807, 2.05) is 59.4 Å². The van der Waals surface area contributed by atoms with Gasteiger partial charge in [-0.05, 0) is 11.6 Å². The van der Waals surface area contributed by atoms with Crippen LogP contribution in [0.5, 0.6) is 0 Å². The van der Waals surface area contributed by atoms with Gasteiger partial charge in [0.05, 0.1) is 12.2 Å². The first-order valence-corrected chi connectivity index (χ1v) is 12.2. The molecular weight excluding hydrogens is 454 g/mol. The van der Waals surface area contributed by atoms with Gasteiger partial charge in [0.25, 0.3) is 0 Å². The third-order valence-electron chi connectivity index (χ3n) is 6.15. The molecule has 186 valence electrons. The van der Waals surface area contributed by atoms with Crippen molar-refractivity contribution in [2.45, 2.75) is 19.9 Å². The van der Waals surface area contributed by atoms with Gasteiger partial charge in [-0.3, -0.25) is 19.1 Å². The average Bonchev–Trinajstić information content (AvgIpc) is 3.31. The lowest BCUT2D eigenvalue weighted by Crippen LogP contribution is -2.50. The topological polar surface area (TPSA) is 87.5 Å². The van der Waals surface area contributed by atoms with Crippen LogP contribution in [0.1, 0.15) is 24.5 Å². The maximum absolute atomic E-state index is 12.4. The molecule has 1 aliphatic heterocycles. The van der Waals surface area contributed by atoms with Gasteiger partial charge < -0.3 is 15.1 Å². The van der Waals surface area contributed by atoms with Gasteiger partial charge >= 0.3 is 0 Å². The Bertz CT molecular complexity index is 1210. The van der Waals surface area contributed by atoms with E-state index < -0.39 is 0 Å². The lowest BCUT2D eigenvalue weighted by Gasteiger charge is -2.34. The number of carbonyl (C=O) groups is 3. The summed E-state index contributed by atoms with van der Waals surface area (Å²) >= 11 is 0. The molecule has 8 heteroatoms. The lowest BCUT2D eigenvalue weighted by molar-refractivity contribution is -0.138. The van der Waals surface area contributed by atoms with Crippen LogP contribution in [0.15, 0.2) is 72.9 Å². The highest BCUT2D eigenvalue weighted by Gasteiger charge is 2.21. The number of carbonyl (C=O) groups excluding carboxylic acids is 3. The van der Waals surface area contributed by atoms with E-state index in [1.54, 1.807) is 15.9 Å². The number of nitrogens with zero attached hydrogens (tertiary/aromatic N) is 4. The molecule has 0 spiro atoms. The molecule has 1 aliphatic rings. The molecule has 36 heavy (non-hydrogen) atoms. The van der Waals surface area contributed by atoms with E-state index in [4.69, 9.17) is 5.10 Å². The molecule has 3 amide bonds. The van der Waals surface area contributed by atoms with E-state index >= 15 is 0 Å². The monoisotopic (exact) mass is 485 g/mol. The van der Waals surface area contributed by atoms with Crippen molar-refractivity contribution < 1.29 is 14.4 Å². The molecule has 8 nitrogen and oxygen atoms in total. The van der Waals surface area contributed by atoms with Crippen LogP contribution in [0.2, 0.25) is 0 Å². The fourth-order valence-corrected chi connectivity index (χ4v) is 4.18. The fraction of sp³-hybridized carbons (Fsp3) is 0.286. The molecule has 0 bridgehead atoms. The maximum atomic E-state index is 12.4. The molecule has 0 aliphatic carbocycles. The van der Waals surface area contributed by atoms with Gasteiger partial charge in [0.1, 0.15) is 0 Å². The van der Waals surface area contributed by atoms with E-state index in [0.29, 0.717) is 32.7 Å². The number of aromatic nitrogens is 2. The summed E-state index contributed by atoms with van der Waals surface area (Å²) in [6.07, 6.45) is 5.40. The predicted octanol–water partition coefficient (Wildman–Crippen LogP) is 2.81. The molecule has 3 aromatic rings. The van der Waals surface area contributed by atoms with Gasteiger partial charge in [-0.1, -0.05) is 60.7 Å². The molecule has 0 atom stereocenters. The summed E-state index contributed by atoms with van der Waals surface area (Å²) in [7, 11) is 0. The van der Waals surface area contributed by atoms with Crippen LogP contribution < -0.4 is 5.32 Å². The summed E-state index contributed by atoms with van der Waals surface area (Å²) in [5.74, 6) is -0.253. The van der Waals surface area contributed by atoms with E-state index in [2.05, 4.69) is 17.4 Å². The van der Waals surface area contributed by atoms with Crippen molar-refractivity contribution in [3.8, 4) is 11.3 Å². The third kappa shape index (κ3) is 6.69. The summed E-state index contributed by atoms with van der Waals surface area (Å²) in [6, 6.07) is 20.0. The summed E-state index contributed by atoms with van der Waals surface area (Å²) in [6.45, 7) is 4.59. The summed E-state index contributed by atoms with van der Waals surface area (Å²) in [4.78, 5) is 39.8. The molecule has 0 radical (unpaired) electrons. The largest absolute Gasteiger partial charge is 0.352 e. The van der Waals surface area contributed by atoms with Crippen LogP contribution in [-0.4, -0.2) is 70.0 Å². The standard InChI is InChI=1S/C28H31N5O3/c1-22(34)31-16-18-32(19-17-31)27(36)14-15-29-26(35)13-12-25-21-33(20-23-8-4-2-5-9-23)30-28(25)24-10-6-3-7-11-24/h2-13,21H,14-20H2,1H3,(H,29,35). The van der Waals surface area contributed by atoms with Crippen molar-refractivity contribution in [2.75, 3.05) is 32.7 Å². The van der Waals surface area contributed by atoms with Crippen molar-refractivity contribution >= 4 is 23.8 Å². The lowest BCUT2D eigenvalue weighted by atomic mass is 10.1.